The van der Waals surface area contributed by atoms with E-state index >= 15 is 0 Å². The Morgan fingerprint density at radius 1 is 1.47 bits per heavy atom. The van der Waals surface area contributed by atoms with E-state index in [1.54, 1.807) is 0 Å². The van der Waals surface area contributed by atoms with Crippen LogP contribution in [0, 0.1) is 6.92 Å². The Balaban J connectivity index is 1.88. The maximum atomic E-state index is 10.7. The summed E-state index contributed by atoms with van der Waals surface area (Å²) in [5, 5.41) is 12.0. The van der Waals surface area contributed by atoms with Crippen molar-refractivity contribution in [1.29, 1.82) is 0 Å². The molecule has 0 bridgehead atoms. The average Bonchev–Trinajstić information content (AvgIpc) is 2.83. The molecule has 2 rings (SSSR count). The first-order valence-electron chi connectivity index (χ1n) is 5.79. The van der Waals surface area contributed by atoms with Crippen LogP contribution in [0.5, 0.6) is 0 Å². The van der Waals surface area contributed by atoms with Gasteiger partial charge >= 0.3 is 5.97 Å². The van der Waals surface area contributed by atoms with Crippen molar-refractivity contribution in [2.24, 2.45) is 0 Å². The van der Waals surface area contributed by atoms with Gasteiger partial charge in [0, 0.05) is 11.0 Å². The topological polar surface area (TPSA) is 78.0 Å². The van der Waals surface area contributed by atoms with Crippen molar-refractivity contribution in [3.8, 4) is 0 Å². The first-order valence-corrected chi connectivity index (χ1v) is 6.58. The second-order valence-corrected chi connectivity index (χ2v) is 5.09. The van der Waals surface area contributed by atoms with E-state index < -0.39 is 5.97 Å². The van der Waals surface area contributed by atoms with Gasteiger partial charge in [0.25, 0.3) is 0 Å². The van der Waals surface area contributed by atoms with Crippen molar-refractivity contribution in [3.05, 3.63) is 51.5 Å². The highest BCUT2D eigenvalue weighted by molar-refractivity contribution is 9.10. The summed E-state index contributed by atoms with van der Waals surface area (Å²) in [6.07, 6.45) is 1.32. The quantitative estimate of drug-likeness (QED) is 0.789. The minimum Gasteiger partial charge on any atom is -0.477 e. The number of halogens is 1. The molecule has 100 valence electrons. The van der Waals surface area contributed by atoms with Crippen molar-refractivity contribution in [2.45, 2.75) is 20.0 Å². The number of nitrogens with one attached hydrogen (secondary N) is 2. The second kappa shape index (κ2) is 5.99. The number of nitrogens with zero attached hydrogens (tertiary/aromatic N) is 1. The van der Waals surface area contributed by atoms with Crippen LogP contribution >= 0.6 is 15.9 Å². The highest BCUT2D eigenvalue weighted by Crippen LogP contribution is 2.16. The molecule has 19 heavy (non-hydrogen) atoms. The van der Waals surface area contributed by atoms with Crippen molar-refractivity contribution >= 4 is 21.9 Å². The Bertz CT molecular complexity index is 595. The van der Waals surface area contributed by atoms with E-state index in [0.29, 0.717) is 18.9 Å². The Labute approximate surface area is 119 Å². The summed E-state index contributed by atoms with van der Waals surface area (Å²) in [5.74, 6) is -0.381. The van der Waals surface area contributed by atoms with Gasteiger partial charge in [-0.2, -0.15) is 0 Å². The van der Waals surface area contributed by atoms with Gasteiger partial charge < -0.3 is 15.4 Å². The van der Waals surface area contributed by atoms with E-state index in [1.165, 1.54) is 17.3 Å². The van der Waals surface area contributed by atoms with Crippen molar-refractivity contribution < 1.29 is 9.90 Å². The third-order valence-corrected chi connectivity index (χ3v) is 3.59. The Hall–Kier alpha value is -1.66. The van der Waals surface area contributed by atoms with Crippen molar-refractivity contribution in [2.75, 3.05) is 0 Å². The molecule has 0 spiro atoms. The molecule has 0 fully saturated rings. The number of benzene rings is 1. The number of aryl methyl sites for hydroxylation is 1. The molecular weight excluding hydrogens is 310 g/mol. The third-order valence-electron chi connectivity index (χ3n) is 2.70. The number of aromatic carboxylic acids is 1. The number of carboxylic acids is 1. The maximum absolute atomic E-state index is 10.7. The van der Waals surface area contributed by atoms with Crippen molar-refractivity contribution in [3.63, 3.8) is 0 Å². The molecule has 3 N–H and O–H groups in total. The van der Waals surface area contributed by atoms with E-state index in [0.717, 1.165) is 4.47 Å². The molecule has 1 aromatic carbocycles. The van der Waals surface area contributed by atoms with E-state index in [1.807, 2.05) is 19.1 Å². The van der Waals surface area contributed by atoms with E-state index in [4.69, 9.17) is 5.11 Å². The van der Waals surface area contributed by atoms with E-state index in [-0.39, 0.29) is 5.69 Å². The van der Waals surface area contributed by atoms with Crippen LogP contribution in [-0.2, 0) is 13.1 Å². The van der Waals surface area contributed by atoms with Crippen LogP contribution < -0.4 is 5.32 Å². The molecule has 0 unspecified atom stereocenters. The molecular formula is C13H14BrN3O2. The summed E-state index contributed by atoms with van der Waals surface area (Å²) in [6, 6.07) is 6.15. The van der Waals surface area contributed by atoms with E-state index in [2.05, 4.69) is 37.3 Å². The Morgan fingerprint density at radius 2 is 2.26 bits per heavy atom. The molecule has 0 amide bonds. The second-order valence-electron chi connectivity index (χ2n) is 4.24. The van der Waals surface area contributed by atoms with Gasteiger partial charge in [-0.15, -0.1) is 0 Å². The number of aromatic nitrogens is 2. The maximum Gasteiger partial charge on any atom is 0.353 e. The minimum absolute atomic E-state index is 0.108. The fraction of sp³-hybridized carbons (Fsp3) is 0.231. The zero-order chi connectivity index (χ0) is 13.8. The van der Waals surface area contributed by atoms with Crippen LogP contribution in [0.4, 0.5) is 0 Å². The van der Waals surface area contributed by atoms with Crippen LogP contribution in [0.2, 0.25) is 0 Å². The monoisotopic (exact) mass is 323 g/mol. The largest absolute Gasteiger partial charge is 0.477 e. The molecule has 0 aliphatic rings. The number of H-pyrrole nitrogens is 1. The standard InChI is InChI=1S/C13H14BrN3O2/c1-8-4-9(2-3-10(8)14)5-15-7-12-16-6-11(17-12)13(18)19/h2-4,6,15H,5,7H2,1H3,(H,16,17)(H,18,19). The molecule has 2 aromatic rings. The zero-order valence-electron chi connectivity index (χ0n) is 10.4. The predicted molar refractivity (Wildman–Crippen MR) is 75.0 cm³/mol. The van der Waals surface area contributed by atoms with Gasteiger partial charge in [-0.1, -0.05) is 28.1 Å². The lowest BCUT2D eigenvalue weighted by Gasteiger charge is -2.05. The number of carbonyl (C=O) groups is 1. The summed E-state index contributed by atoms with van der Waals surface area (Å²) in [6.45, 7) is 3.25. The number of imidazole rings is 1. The van der Waals surface area contributed by atoms with Crippen LogP contribution in [-0.4, -0.2) is 21.0 Å². The van der Waals surface area contributed by atoms with Gasteiger partial charge in [0.2, 0.25) is 0 Å². The minimum atomic E-state index is -0.998. The molecule has 0 aliphatic carbocycles. The number of hydrogen-bond acceptors (Lipinski definition) is 3. The molecule has 0 atom stereocenters. The molecule has 1 aromatic heterocycles. The van der Waals surface area contributed by atoms with Gasteiger partial charge in [0.05, 0.1) is 12.7 Å². The number of carboxylic acid groups (broad SMARTS) is 1. The lowest BCUT2D eigenvalue weighted by atomic mass is 10.1. The number of rotatable bonds is 5. The lowest BCUT2D eigenvalue weighted by Crippen LogP contribution is -2.14. The van der Waals surface area contributed by atoms with Crippen molar-refractivity contribution in [1.82, 2.24) is 15.3 Å². The first-order chi connectivity index (χ1) is 9.06. The predicted octanol–water partition coefficient (Wildman–Crippen LogP) is 2.47. The number of hydrogen-bond donors (Lipinski definition) is 3. The fourth-order valence-corrected chi connectivity index (χ4v) is 1.95. The van der Waals surface area contributed by atoms with Gasteiger partial charge in [-0.05, 0) is 24.1 Å². The van der Waals surface area contributed by atoms with Gasteiger partial charge in [0.1, 0.15) is 11.5 Å². The number of aromatic amines is 1. The highest BCUT2D eigenvalue weighted by Gasteiger charge is 2.06. The van der Waals surface area contributed by atoms with Gasteiger partial charge in [-0.3, -0.25) is 0 Å². The normalized spacial score (nSPS) is 10.6. The van der Waals surface area contributed by atoms with Crippen LogP contribution in [0.1, 0.15) is 27.4 Å². The van der Waals surface area contributed by atoms with Crippen LogP contribution in [0.25, 0.3) is 0 Å². The summed E-state index contributed by atoms with van der Waals surface area (Å²) in [5.41, 5.74) is 2.47. The van der Waals surface area contributed by atoms with E-state index in [9.17, 15) is 4.79 Å². The van der Waals surface area contributed by atoms with Gasteiger partial charge in [0.15, 0.2) is 0 Å². The molecule has 0 aliphatic heterocycles. The first kappa shape index (κ1) is 13.8. The SMILES string of the molecule is Cc1cc(CNCc2ncc(C(=O)O)[nH]2)ccc1Br. The molecule has 0 radical (unpaired) electrons. The lowest BCUT2D eigenvalue weighted by molar-refractivity contribution is 0.0691. The Kier molecular flexibility index (Phi) is 4.34. The van der Waals surface area contributed by atoms with Crippen LogP contribution in [0.15, 0.2) is 28.9 Å². The van der Waals surface area contributed by atoms with Crippen LogP contribution in [0.3, 0.4) is 0 Å². The fourth-order valence-electron chi connectivity index (χ4n) is 1.70. The summed E-state index contributed by atoms with van der Waals surface area (Å²) in [7, 11) is 0. The average molecular weight is 324 g/mol. The summed E-state index contributed by atoms with van der Waals surface area (Å²) >= 11 is 3.46. The zero-order valence-corrected chi connectivity index (χ0v) is 12.0. The molecule has 6 heteroatoms. The molecule has 1 heterocycles. The Morgan fingerprint density at radius 3 is 2.89 bits per heavy atom. The molecule has 5 nitrogen and oxygen atoms in total. The van der Waals surface area contributed by atoms with Gasteiger partial charge in [-0.25, -0.2) is 9.78 Å². The highest BCUT2D eigenvalue weighted by atomic mass is 79.9. The summed E-state index contributed by atoms with van der Waals surface area (Å²) < 4.78 is 1.09. The summed E-state index contributed by atoms with van der Waals surface area (Å²) in [4.78, 5) is 17.4. The smallest absolute Gasteiger partial charge is 0.353 e. The third kappa shape index (κ3) is 3.65. The molecule has 0 saturated heterocycles. The molecule has 0 saturated carbocycles.